The van der Waals surface area contributed by atoms with Crippen molar-refractivity contribution < 1.29 is 0 Å². The van der Waals surface area contributed by atoms with E-state index in [0.29, 0.717) is 5.39 Å². The number of fused-ring (bicyclic) bond motifs is 2. The highest BCUT2D eigenvalue weighted by Gasteiger charge is 2.46. The molecule has 2 atom stereocenters. The molecule has 1 aliphatic heterocycles. The maximum atomic E-state index is 12.8. The normalized spacial score (nSPS) is 23.7. The molecule has 4 rings (SSSR count). The van der Waals surface area contributed by atoms with Crippen LogP contribution in [0, 0.1) is 25.7 Å². The summed E-state index contributed by atoms with van der Waals surface area (Å²) in [6.45, 7) is 6.13. The number of hydrogen-bond donors (Lipinski definition) is 0. The summed E-state index contributed by atoms with van der Waals surface area (Å²) in [5, 5.41) is 0.697. The molecule has 21 heavy (non-hydrogen) atoms. The lowest BCUT2D eigenvalue weighted by Crippen LogP contribution is -2.31. The lowest BCUT2D eigenvalue weighted by molar-refractivity contribution is 0.730. The maximum absolute atomic E-state index is 12.8. The number of aromatic nitrogens is 2. The van der Waals surface area contributed by atoms with Gasteiger partial charge in [-0.15, -0.1) is 0 Å². The maximum Gasteiger partial charge on any atom is 0.263 e. The second kappa shape index (κ2) is 4.32. The van der Waals surface area contributed by atoms with Crippen LogP contribution in [0.25, 0.3) is 10.9 Å². The molecule has 4 nitrogen and oxygen atoms in total. The number of rotatable bonds is 1. The summed E-state index contributed by atoms with van der Waals surface area (Å²) in [6.07, 6.45) is 1.35. The fourth-order valence-electron chi connectivity index (χ4n) is 3.57. The third kappa shape index (κ3) is 1.86. The molecule has 0 N–H and O–H groups in total. The summed E-state index contributed by atoms with van der Waals surface area (Å²) >= 11 is 3.56. The predicted octanol–water partition coefficient (Wildman–Crippen LogP) is 2.77. The van der Waals surface area contributed by atoms with E-state index in [9.17, 15) is 4.79 Å². The Morgan fingerprint density at radius 2 is 1.90 bits per heavy atom. The van der Waals surface area contributed by atoms with Crippen molar-refractivity contribution in [3.05, 3.63) is 32.0 Å². The van der Waals surface area contributed by atoms with E-state index in [1.807, 2.05) is 20.9 Å². The van der Waals surface area contributed by atoms with Gasteiger partial charge in [0.05, 0.1) is 10.9 Å². The van der Waals surface area contributed by atoms with Gasteiger partial charge >= 0.3 is 0 Å². The molecule has 1 aromatic heterocycles. The van der Waals surface area contributed by atoms with Crippen molar-refractivity contribution in [1.82, 2.24) is 9.55 Å². The second-order valence-electron chi connectivity index (χ2n) is 6.48. The lowest BCUT2D eigenvalue weighted by Gasteiger charge is -2.22. The van der Waals surface area contributed by atoms with Crippen LogP contribution in [0.2, 0.25) is 0 Å². The summed E-state index contributed by atoms with van der Waals surface area (Å²) in [5.41, 5.74) is 3.00. The molecule has 0 amide bonds. The molecule has 2 unspecified atom stereocenters. The van der Waals surface area contributed by atoms with E-state index in [4.69, 9.17) is 4.98 Å². The molecule has 5 heteroatoms. The molecular weight excluding hydrogens is 330 g/mol. The Hall–Kier alpha value is -1.36. The van der Waals surface area contributed by atoms with Crippen LogP contribution >= 0.6 is 15.9 Å². The Morgan fingerprint density at radius 1 is 1.24 bits per heavy atom. The first-order valence-corrected chi connectivity index (χ1v) is 8.18. The molecule has 2 heterocycles. The van der Waals surface area contributed by atoms with Crippen LogP contribution in [-0.2, 0) is 7.05 Å². The molecule has 2 aliphatic rings. The molecule has 1 aromatic carbocycles. The van der Waals surface area contributed by atoms with Gasteiger partial charge in [-0.1, -0.05) is 6.07 Å². The zero-order valence-corrected chi connectivity index (χ0v) is 14.1. The minimum atomic E-state index is 0.0363. The first kappa shape index (κ1) is 13.3. The molecule has 2 aromatic rings. The minimum absolute atomic E-state index is 0.0363. The van der Waals surface area contributed by atoms with Crippen LogP contribution in [0.15, 0.2) is 15.3 Å². The van der Waals surface area contributed by atoms with Crippen LogP contribution in [0.4, 0.5) is 5.95 Å². The zero-order valence-electron chi connectivity index (χ0n) is 12.5. The summed E-state index contributed by atoms with van der Waals surface area (Å²) < 4.78 is 2.57. The molecule has 0 radical (unpaired) electrons. The molecule has 0 spiro atoms. The average Bonchev–Trinajstić information content (AvgIpc) is 3.05. The largest absolute Gasteiger partial charge is 0.342 e. The van der Waals surface area contributed by atoms with Crippen molar-refractivity contribution in [2.24, 2.45) is 18.9 Å². The predicted molar refractivity (Wildman–Crippen MR) is 88.0 cm³/mol. The summed E-state index contributed by atoms with van der Waals surface area (Å²) in [6, 6.07) is 2.09. The van der Waals surface area contributed by atoms with Crippen molar-refractivity contribution in [3.8, 4) is 0 Å². The summed E-state index contributed by atoms with van der Waals surface area (Å²) in [7, 11) is 1.83. The van der Waals surface area contributed by atoms with Crippen molar-refractivity contribution in [2.45, 2.75) is 20.3 Å². The monoisotopic (exact) mass is 347 g/mol. The first-order chi connectivity index (χ1) is 9.97. The number of aryl methyl sites for hydroxylation is 2. The fourth-order valence-corrected chi connectivity index (χ4v) is 4.04. The van der Waals surface area contributed by atoms with Crippen molar-refractivity contribution in [1.29, 1.82) is 0 Å². The van der Waals surface area contributed by atoms with Gasteiger partial charge in [-0.3, -0.25) is 9.36 Å². The van der Waals surface area contributed by atoms with Gasteiger partial charge in [0.1, 0.15) is 0 Å². The van der Waals surface area contributed by atoms with Crippen LogP contribution in [0.1, 0.15) is 17.5 Å². The fraction of sp³-hybridized carbons (Fsp3) is 0.500. The quantitative estimate of drug-likeness (QED) is 0.796. The highest BCUT2D eigenvalue weighted by atomic mass is 79.9. The van der Waals surface area contributed by atoms with Crippen LogP contribution in [-0.4, -0.2) is 22.6 Å². The van der Waals surface area contributed by atoms with E-state index >= 15 is 0 Å². The molecular formula is C16H18BrN3O. The second-order valence-corrected chi connectivity index (χ2v) is 7.28. The third-order valence-corrected chi connectivity index (χ3v) is 5.92. The Kier molecular flexibility index (Phi) is 2.74. The van der Waals surface area contributed by atoms with Crippen molar-refractivity contribution in [3.63, 3.8) is 0 Å². The van der Waals surface area contributed by atoms with E-state index in [1.165, 1.54) is 6.42 Å². The standard InChI is InChI=1S/C16H18BrN3O/c1-8-4-9(2)14-12(13(8)17)15(21)19(3)16(18-14)20-6-10-5-11(10)7-20/h4,10-11H,5-7H2,1-3H3. The smallest absolute Gasteiger partial charge is 0.263 e. The third-order valence-electron chi connectivity index (χ3n) is 4.90. The number of benzene rings is 1. The van der Waals surface area contributed by atoms with E-state index in [2.05, 4.69) is 26.9 Å². The average molecular weight is 348 g/mol. The van der Waals surface area contributed by atoms with Gasteiger partial charge in [0.15, 0.2) is 0 Å². The summed E-state index contributed by atoms with van der Waals surface area (Å²) in [5.74, 6) is 2.46. The van der Waals surface area contributed by atoms with E-state index in [0.717, 1.165) is 52.0 Å². The zero-order chi connectivity index (χ0) is 14.9. The van der Waals surface area contributed by atoms with Crippen LogP contribution in [0.5, 0.6) is 0 Å². The molecule has 1 saturated carbocycles. The van der Waals surface area contributed by atoms with Gasteiger partial charge in [-0.2, -0.15) is 0 Å². The Bertz CT molecular complexity index is 817. The number of anilines is 1. The SMILES string of the molecule is Cc1cc(C)c2nc(N3CC4CC4C3)n(C)c(=O)c2c1Br. The van der Waals surface area contributed by atoms with Crippen molar-refractivity contribution >= 4 is 32.8 Å². The van der Waals surface area contributed by atoms with Crippen LogP contribution in [0.3, 0.4) is 0 Å². The first-order valence-electron chi connectivity index (χ1n) is 7.38. The highest BCUT2D eigenvalue weighted by Crippen LogP contribution is 2.45. The number of piperidine rings is 1. The van der Waals surface area contributed by atoms with Gasteiger partial charge < -0.3 is 4.90 Å². The van der Waals surface area contributed by atoms with Crippen LogP contribution < -0.4 is 10.5 Å². The summed E-state index contributed by atoms with van der Waals surface area (Å²) in [4.78, 5) is 19.9. The highest BCUT2D eigenvalue weighted by molar-refractivity contribution is 9.10. The molecule has 1 aliphatic carbocycles. The Balaban J connectivity index is 1.98. The number of nitrogens with zero attached hydrogens (tertiary/aromatic N) is 3. The Morgan fingerprint density at radius 3 is 2.57 bits per heavy atom. The number of hydrogen-bond acceptors (Lipinski definition) is 3. The Labute approximate surface area is 131 Å². The lowest BCUT2D eigenvalue weighted by atomic mass is 10.1. The molecule has 0 bridgehead atoms. The van der Waals surface area contributed by atoms with E-state index in [-0.39, 0.29) is 5.56 Å². The van der Waals surface area contributed by atoms with E-state index in [1.54, 1.807) is 4.57 Å². The minimum Gasteiger partial charge on any atom is -0.342 e. The topological polar surface area (TPSA) is 38.1 Å². The molecule has 110 valence electrons. The number of halogens is 1. The van der Waals surface area contributed by atoms with Gasteiger partial charge in [0.25, 0.3) is 5.56 Å². The van der Waals surface area contributed by atoms with Gasteiger partial charge in [-0.05, 0) is 59.2 Å². The van der Waals surface area contributed by atoms with Gasteiger partial charge in [0, 0.05) is 24.6 Å². The van der Waals surface area contributed by atoms with Gasteiger partial charge in [0.2, 0.25) is 5.95 Å². The molecule has 2 fully saturated rings. The van der Waals surface area contributed by atoms with Gasteiger partial charge in [-0.25, -0.2) is 4.98 Å². The van der Waals surface area contributed by atoms with Crippen molar-refractivity contribution in [2.75, 3.05) is 18.0 Å². The van der Waals surface area contributed by atoms with E-state index < -0.39 is 0 Å². The molecule has 1 saturated heterocycles.